The van der Waals surface area contributed by atoms with Gasteiger partial charge in [0.25, 0.3) is 0 Å². The van der Waals surface area contributed by atoms with Crippen LogP contribution in [0.25, 0.3) is 0 Å². The van der Waals surface area contributed by atoms with Gasteiger partial charge in [-0.1, -0.05) is 47.3 Å². The normalized spacial score (nSPS) is 26.4. The van der Waals surface area contributed by atoms with Gasteiger partial charge in [0.05, 0.1) is 0 Å². The summed E-state index contributed by atoms with van der Waals surface area (Å²) in [4.78, 5) is 0. The summed E-state index contributed by atoms with van der Waals surface area (Å²) in [6.45, 7) is 0. The van der Waals surface area contributed by atoms with Gasteiger partial charge in [-0.2, -0.15) is 0 Å². The third-order valence-corrected chi connectivity index (χ3v) is 3.98. The Balaban J connectivity index is 1.97. The Labute approximate surface area is 107 Å². The highest BCUT2D eigenvalue weighted by molar-refractivity contribution is 9.10. The fraction of sp³-hybridized carbons (Fsp3) is 0.571. The highest BCUT2D eigenvalue weighted by atomic mass is 79.9. The van der Waals surface area contributed by atoms with Crippen molar-refractivity contribution in [2.24, 2.45) is 11.7 Å². The SMILES string of the molecule is NC1CCCCC(Cc2cccc(Br)c2)C1. The zero-order valence-electron chi connectivity index (χ0n) is 9.66. The van der Waals surface area contributed by atoms with Gasteiger partial charge in [-0.25, -0.2) is 0 Å². The van der Waals surface area contributed by atoms with Gasteiger partial charge >= 0.3 is 0 Å². The summed E-state index contributed by atoms with van der Waals surface area (Å²) in [5.74, 6) is 0.784. The van der Waals surface area contributed by atoms with Crippen LogP contribution in [0, 0.1) is 5.92 Å². The van der Waals surface area contributed by atoms with Gasteiger partial charge in [0.1, 0.15) is 0 Å². The highest BCUT2D eigenvalue weighted by Crippen LogP contribution is 2.26. The van der Waals surface area contributed by atoms with E-state index in [-0.39, 0.29) is 0 Å². The maximum absolute atomic E-state index is 6.10. The van der Waals surface area contributed by atoms with E-state index in [9.17, 15) is 0 Å². The zero-order chi connectivity index (χ0) is 11.4. The minimum Gasteiger partial charge on any atom is -0.328 e. The van der Waals surface area contributed by atoms with Crippen molar-refractivity contribution in [3.05, 3.63) is 34.3 Å². The molecule has 2 atom stereocenters. The van der Waals surface area contributed by atoms with Crippen LogP contribution in [0.4, 0.5) is 0 Å². The molecule has 1 aliphatic carbocycles. The van der Waals surface area contributed by atoms with Crippen LogP contribution in [-0.2, 0) is 6.42 Å². The second-order valence-corrected chi connectivity index (χ2v) is 5.90. The van der Waals surface area contributed by atoms with Crippen LogP contribution >= 0.6 is 15.9 Å². The zero-order valence-corrected chi connectivity index (χ0v) is 11.2. The predicted octanol–water partition coefficient (Wildman–Crippen LogP) is 3.90. The second kappa shape index (κ2) is 5.83. The largest absolute Gasteiger partial charge is 0.328 e. The lowest BCUT2D eigenvalue weighted by Crippen LogP contribution is -2.22. The van der Waals surface area contributed by atoms with Crippen molar-refractivity contribution < 1.29 is 0 Å². The van der Waals surface area contributed by atoms with Crippen LogP contribution in [0.3, 0.4) is 0 Å². The molecule has 0 radical (unpaired) electrons. The molecule has 0 aliphatic heterocycles. The fourth-order valence-electron chi connectivity index (χ4n) is 2.69. The molecule has 1 nitrogen and oxygen atoms in total. The molecule has 0 saturated heterocycles. The van der Waals surface area contributed by atoms with Crippen LogP contribution in [-0.4, -0.2) is 6.04 Å². The number of hydrogen-bond donors (Lipinski definition) is 1. The molecule has 1 saturated carbocycles. The van der Waals surface area contributed by atoms with Crippen LogP contribution in [0.15, 0.2) is 28.7 Å². The molecule has 0 amide bonds. The van der Waals surface area contributed by atoms with E-state index in [4.69, 9.17) is 5.73 Å². The molecule has 2 N–H and O–H groups in total. The highest BCUT2D eigenvalue weighted by Gasteiger charge is 2.17. The molecule has 88 valence electrons. The van der Waals surface area contributed by atoms with E-state index in [0.29, 0.717) is 6.04 Å². The van der Waals surface area contributed by atoms with Crippen molar-refractivity contribution in [2.45, 2.75) is 44.6 Å². The number of halogens is 1. The van der Waals surface area contributed by atoms with Crippen molar-refractivity contribution in [1.29, 1.82) is 0 Å². The fourth-order valence-corrected chi connectivity index (χ4v) is 3.13. The molecule has 2 rings (SSSR count). The number of nitrogens with two attached hydrogens (primary N) is 1. The number of benzene rings is 1. The molecule has 16 heavy (non-hydrogen) atoms. The van der Waals surface area contributed by atoms with Crippen LogP contribution < -0.4 is 5.73 Å². The first-order chi connectivity index (χ1) is 7.74. The minimum atomic E-state index is 0.430. The molecule has 0 heterocycles. The quantitative estimate of drug-likeness (QED) is 0.818. The first-order valence-corrected chi connectivity index (χ1v) is 7.03. The average molecular weight is 282 g/mol. The van der Waals surface area contributed by atoms with Gasteiger partial charge < -0.3 is 5.73 Å². The Morgan fingerprint density at radius 2 is 2.06 bits per heavy atom. The molecular weight excluding hydrogens is 262 g/mol. The lowest BCUT2D eigenvalue weighted by atomic mass is 9.91. The predicted molar refractivity (Wildman–Crippen MR) is 72.4 cm³/mol. The summed E-state index contributed by atoms with van der Waals surface area (Å²) in [5, 5.41) is 0. The standard InChI is InChI=1S/C14H20BrN/c15-13-6-3-5-11(9-13)8-12-4-1-2-7-14(16)10-12/h3,5-6,9,12,14H,1-2,4,7-8,10,16H2. The summed E-state index contributed by atoms with van der Waals surface area (Å²) in [6, 6.07) is 9.09. The van der Waals surface area contributed by atoms with Crippen LogP contribution in [0.2, 0.25) is 0 Å². The summed E-state index contributed by atoms with van der Waals surface area (Å²) in [5.41, 5.74) is 7.54. The van der Waals surface area contributed by atoms with Gasteiger partial charge in [-0.15, -0.1) is 0 Å². The molecule has 0 aromatic heterocycles. The maximum atomic E-state index is 6.10. The molecular formula is C14H20BrN. The van der Waals surface area contributed by atoms with Crippen molar-refractivity contribution in [3.63, 3.8) is 0 Å². The van der Waals surface area contributed by atoms with Gasteiger partial charge in [0, 0.05) is 10.5 Å². The smallest absolute Gasteiger partial charge is 0.0177 e. The van der Waals surface area contributed by atoms with Gasteiger partial charge in [-0.05, 0) is 42.9 Å². The van der Waals surface area contributed by atoms with E-state index in [1.54, 1.807) is 0 Å². The van der Waals surface area contributed by atoms with Crippen LogP contribution in [0.1, 0.15) is 37.7 Å². The van der Waals surface area contributed by atoms with Crippen molar-refractivity contribution in [1.82, 2.24) is 0 Å². The van der Waals surface area contributed by atoms with Crippen molar-refractivity contribution >= 4 is 15.9 Å². The monoisotopic (exact) mass is 281 g/mol. The van der Waals surface area contributed by atoms with E-state index < -0.39 is 0 Å². The first-order valence-electron chi connectivity index (χ1n) is 6.24. The number of hydrogen-bond acceptors (Lipinski definition) is 1. The van der Waals surface area contributed by atoms with Gasteiger partial charge in [0.2, 0.25) is 0 Å². The van der Waals surface area contributed by atoms with Gasteiger partial charge in [0.15, 0.2) is 0 Å². The van der Waals surface area contributed by atoms with Gasteiger partial charge in [-0.3, -0.25) is 0 Å². The lowest BCUT2D eigenvalue weighted by Gasteiger charge is -2.17. The Kier molecular flexibility index (Phi) is 4.42. The summed E-state index contributed by atoms with van der Waals surface area (Å²) in [7, 11) is 0. The van der Waals surface area contributed by atoms with Crippen LogP contribution in [0.5, 0.6) is 0 Å². The Hall–Kier alpha value is -0.340. The minimum absolute atomic E-state index is 0.430. The maximum Gasteiger partial charge on any atom is 0.0177 e. The molecule has 2 unspecified atom stereocenters. The first kappa shape index (κ1) is 12.1. The molecule has 1 aromatic rings. The molecule has 0 spiro atoms. The third-order valence-electron chi connectivity index (χ3n) is 3.49. The molecule has 1 aromatic carbocycles. The summed E-state index contributed by atoms with van der Waals surface area (Å²) in [6.07, 6.45) is 7.62. The number of rotatable bonds is 2. The van der Waals surface area contributed by atoms with Crippen molar-refractivity contribution in [2.75, 3.05) is 0 Å². The second-order valence-electron chi connectivity index (χ2n) is 4.98. The summed E-state index contributed by atoms with van der Waals surface area (Å²) < 4.78 is 1.18. The molecule has 1 aliphatic rings. The molecule has 0 bridgehead atoms. The average Bonchev–Trinajstić information content (AvgIpc) is 2.43. The summed E-state index contributed by atoms with van der Waals surface area (Å²) >= 11 is 3.53. The van der Waals surface area contributed by atoms with E-state index in [0.717, 1.165) is 5.92 Å². The van der Waals surface area contributed by atoms with E-state index >= 15 is 0 Å². The van der Waals surface area contributed by atoms with E-state index in [1.807, 2.05) is 0 Å². The van der Waals surface area contributed by atoms with E-state index in [2.05, 4.69) is 40.2 Å². The topological polar surface area (TPSA) is 26.0 Å². The lowest BCUT2D eigenvalue weighted by molar-refractivity contribution is 0.431. The Morgan fingerprint density at radius 1 is 1.25 bits per heavy atom. The molecule has 1 fully saturated rings. The van der Waals surface area contributed by atoms with E-state index in [1.165, 1.54) is 48.6 Å². The molecule has 2 heteroatoms. The van der Waals surface area contributed by atoms with Crippen molar-refractivity contribution in [3.8, 4) is 0 Å². The Morgan fingerprint density at radius 3 is 2.88 bits per heavy atom. The third kappa shape index (κ3) is 3.60. The Bertz CT molecular complexity index is 337.